The lowest BCUT2D eigenvalue weighted by molar-refractivity contribution is -0.129. The van der Waals surface area contributed by atoms with Gasteiger partial charge < -0.3 is 10.6 Å². The van der Waals surface area contributed by atoms with E-state index in [0.717, 1.165) is 23.1 Å². The summed E-state index contributed by atoms with van der Waals surface area (Å²) < 4.78 is 15.7. The van der Waals surface area contributed by atoms with Gasteiger partial charge in [-0.05, 0) is 30.2 Å². The minimum absolute atomic E-state index is 0.0496. The minimum atomic E-state index is -0.334. The van der Waals surface area contributed by atoms with Crippen LogP contribution in [0.5, 0.6) is 0 Å². The molecule has 4 rings (SSSR count). The Kier molecular flexibility index (Phi) is 4.85. The highest BCUT2D eigenvalue weighted by Gasteiger charge is 2.31. The Morgan fingerprint density at radius 2 is 2.11 bits per heavy atom. The zero-order chi connectivity index (χ0) is 18.8. The maximum atomic E-state index is 13.8. The van der Waals surface area contributed by atoms with Crippen molar-refractivity contribution in [1.82, 2.24) is 19.7 Å². The lowest BCUT2D eigenvalue weighted by atomic mass is 10.0. The third kappa shape index (κ3) is 3.42. The predicted molar refractivity (Wildman–Crippen MR) is 101 cm³/mol. The standard InChI is InChI=1S/C20H22FN5O/c21-17-6-2-1-4-14(17)12-18(27)25-10-7-15(13-25)19-16-5-3-9-23-20(16)26(24-19)11-8-22/h1-6,9,15H,7-8,10-13,22H2/t15-/m0/s1. The topological polar surface area (TPSA) is 77.0 Å². The Morgan fingerprint density at radius 3 is 2.93 bits per heavy atom. The molecule has 2 N–H and O–H groups in total. The van der Waals surface area contributed by atoms with Crippen LogP contribution in [0.2, 0.25) is 0 Å². The molecule has 27 heavy (non-hydrogen) atoms. The smallest absolute Gasteiger partial charge is 0.227 e. The first-order valence-corrected chi connectivity index (χ1v) is 9.20. The highest BCUT2D eigenvalue weighted by Crippen LogP contribution is 2.31. The first-order valence-electron chi connectivity index (χ1n) is 9.20. The molecule has 1 atom stereocenters. The van der Waals surface area contributed by atoms with Crippen LogP contribution in [0.1, 0.15) is 23.6 Å². The minimum Gasteiger partial charge on any atom is -0.342 e. The number of carbonyl (C=O) groups excluding carboxylic acids is 1. The fourth-order valence-electron chi connectivity index (χ4n) is 3.74. The predicted octanol–water partition coefficient (Wildman–Crippen LogP) is 2.09. The number of nitrogens with zero attached hydrogens (tertiary/aromatic N) is 4. The van der Waals surface area contributed by atoms with Crippen LogP contribution >= 0.6 is 0 Å². The molecule has 1 aliphatic rings. The van der Waals surface area contributed by atoms with Gasteiger partial charge in [0.15, 0.2) is 5.65 Å². The normalized spacial score (nSPS) is 17.0. The zero-order valence-corrected chi connectivity index (χ0v) is 15.0. The van der Waals surface area contributed by atoms with Gasteiger partial charge in [0.25, 0.3) is 0 Å². The number of amides is 1. The van der Waals surface area contributed by atoms with E-state index in [9.17, 15) is 9.18 Å². The molecule has 6 nitrogen and oxygen atoms in total. The van der Waals surface area contributed by atoms with Gasteiger partial charge in [-0.15, -0.1) is 0 Å². The van der Waals surface area contributed by atoms with Gasteiger partial charge >= 0.3 is 0 Å². The largest absolute Gasteiger partial charge is 0.342 e. The summed E-state index contributed by atoms with van der Waals surface area (Å²) >= 11 is 0. The van der Waals surface area contributed by atoms with Crippen LogP contribution in [0.25, 0.3) is 11.0 Å². The van der Waals surface area contributed by atoms with E-state index in [2.05, 4.69) is 4.98 Å². The maximum Gasteiger partial charge on any atom is 0.227 e. The number of carbonyl (C=O) groups is 1. The first-order chi connectivity index (χ1) is 13.2. The third-order valence-electron chi connectivity index (χ3n) is 5.10. The Balaban J connectivity index is 1.52. The molecule has 7 heteroatoms. The Morgan fingerprint density at radius 1 is 1.26 bits per heavy atom. The summed E-state index contributed by atoms with van der Waals surface area (Å²) in [5, 5.41) is 5.74. The average Bonchev–Trinajstić information content (AvgIpc) is 3.29. The number of nitrogens with two attached hydrogens (primary N) is 1. The molecule has 140 valence electrons. The van der Waals surface area contributed by atoms with Crippen LogP contribution < -0.4 is 5.73 Å². The van der Waals surface area contributed by atoms with E-state index >= 15 is 0 Å². The molecule has 1 saturated heterocycles. The summed E-state index contributed by atoms with van der Waals surface area (Å²) in [5.41, 5.74) is 7.92. The Labute approximate surface area is 156 Å². The number of halogens is 1. The van der Waals surface area contributed by atoms with E-state index in [-0.39, 0.29) is 24.1 Å². The average molecular weight is 367 g/mol. The van der Waals surface area contributed by atoms with Crippen molar-refractivity contribution in [2.24, 2.45) is 5.73 Å². The number of benzene rings is 1. The van der Waals surface area contributed by atoms with Crippen molar-refractivity contribution in [1.29, 1.82) is 0 Å². The molecule has 0 aliphatic carbocycles. The number of hydrogen-bond donors (Lipinski definition) is 1. The summed E-state index contributed by atoms with van der Waals surface area (Å²) in [6.07, 6.45) is 2.68. The molecule has 1 aliphatic heterocycles. The van der Waals surface area contributed by atoms with Gasteiger partial charge in [0.1, 0.15) is 5.82 Å². The highest BCUT2D eigenvalue weighted by molar-refractivity contribution is 5.81. The van der Waals surface area contributed by atoms with Gasteiger partial charge in [0.05, 0.1) is 18.7 Å². The number of hydrogen-bond acceptors (Lipinski definition) is 4. The van der Waals surface area contributed by atoms with Crippen LogP contribution in [-0.4, -0.2) is 45.2 Å². The molecule has 0 unspecified atom stereocenters. The number of likely N-dealkylation sites (tertiary alicyclic amines) is 1. The van der Waals surface area contributed by atoms with Gasteiger partial charge in [0.2, 0.25) is 5.91 Å². The summed E-state index contributed by atoms with van der Waals surface area (Å²) in [6.45, 7) is 2.35. The molecule has 3 aromatic rings. The van der Waals surface area contributed by atoms with Gasteiger partial charge in [0, 0.05) is 37.1 Å². The van der Waals surface area contributed by atoms with Gasteiger partial charge in [-0.1, -0.05) is 18.2 Å². The third-order valence-corrected chi connectivity index (χ3v) is 5.10. The van der Waals surface area contributed by atoms with Crippen molar-refractivity contribution < 1.29 is 9.18 Å². The SMILES string of the molecule is NCCn1nc([C@H]2CCN(C(=O)Cc3ccccc3F)C2)c2cccnc21. The van der Waals surface area contributed by atoms with E-state index in [1.54, 1.807) is 29.3 Å². The number of rotatable bonds is 5. The summed E-state index contributed by atoms with van der Waals surface area (Å²) in [6, 6.07) is 10.3. The summed E-state index contributed by atoms with van der Waals surface area (Å²) in [4.78, 5) is 18.9. The molecule has 1 fully saturated rings. The molecule has 3 heterocycles. The van der Waals surface area contributed by atoms with Gasteiger partial charge in [-0.3, -0.25) is 4.79 Å². The second kappa shape index (κ2) is 7.44. The molecule has 2 aromatic heterocycles. The molecule has 1 aromatic carbocycles. The lowest BCUT2D eigenvalue weighted by Crippen LogP contribution is -2.30. The summed E-state index contributed by atoms with van der Waals surface area (Å²) in [7, 11) is 0. The molecular weight excluding hydrogens is 345 g/mol. The first kappa shape index (κ1) is 17.6. The second-order valence-corrected chi connectivity index (χ2v) is 6.87. The van der Waals surface area contributed by atoms with Crippen molar-refractivity contribution in [3.63, 3.8) is 0 Å². The van der Waals surface area contributed by atoms with Crippen LogP contribution in [0.4, 0.5) is 4.39 Å². The Bertz CT molecular complexity index is 970. The molecule has 0 saturated carbocycles. The van der Waals surface area contributed by atoms with E-state index in [4.69, 9.17) is 10.8 Å². The van der Waals surface area contributed by atoms with Crippen LogP contribution in [0.3, 0.4) is 0 Å². The monoisotopic (exact) mass is 367 g/mol. The second-order valence-electron chi connectivity index (χ2n) is 6.87. The van der Waals surface area contributed by atoms with Crippen molar-refractivity contribution in [3.05, 3.63) is 59.7 Å². The van der Waals surface area contributed by atoms with Crippen molar-refractivity contribution in [2.45, 2.75) is 25.3 Å². The van der Waals surface area contributed by atoms with Crippen molar-refractivity contribution in [2.75, 3.05) is 19.6 Å². The highest BCUT2D eigenvalue weighted by atomic mass is 19.1. The Hall–Kier alpha value is -2.80. The quantitative estimate of drug-likeness (QED) is 0.749. The molecule has 0 bridgehead atoms. The summed E-state index contributed by atoms with van der Waals surface area (Å²) in [5.74, 6) is -0.231. The molecular formula is C20H22FN5O. The molecule has 0 radical (unpaired) electrons. The van der Waals surface area contributed by atoms with Crippen molar-refractivity contribution in [3.8, 4) is 0 Å². The van der Waals surface area contributed by atoms with E-state index < -0.39 is 0 Å². The van der Waals surface area contributed by atoms with E-state index in [1.807, 2.05) is 16.8 Å². The van der Waals surface area contributed by atoms with Crippen LogP contribution in [-0.2, 0) is 17.8 Å². The fraction of sp³-hybridized carbons (Fsp3) is 0.350. The van der Waals surface area contributed by atoms with Crippen LogP contribution in [0, 0.1) is 5.82 Å². The van der Waals surface area contributed by atoms with E-state index in [1.165, 1.54) is 6.07 Å². The number of pyridine rings is 1. The molecule has 0 spiro atoms. The van der Waals surface area contributed by atoms with Gasteiger partial charge in [-0.2, -0.15) is 5.10 Å². The van der Waals surface area contributed by atoms with Gasteiger partial charge in [-0.25, -0.2) is 14.1 Å². The van der Waals surface area contributed by atoms with E-state index in [0.29, 0.717) is 31.7 Å². The molecule has 1 amide bonds. The fourth-order valence-corrected chi connectivity index (χ4v) is 3.74. The zero-order valence-electron chi connectivity index (χ0n) is 15.0. The maximum absolute atomic E-state index is 13.8. The lowest BCUT2D eigenvalue weighted by Gasteiger charge is -2.16. The number of aromatic nitrogens is 3. The number of fused-ring (bicyclic) bond motifs is 1. The van der Waals surface area contributed by atoms with Crippen LogP contribution in [0.15, 0.2) is 42.6 Å². The van der Waals surface area contributed by atoms with Crippen molar-refractivity contribution >= 4 is 16.9 Å².